The Balaban J connectivity index is 1.54. The highest BCUT2D eigenvalue weighted by atomic mass is 16.5. The summed E-state index contributed by atoms with van der Waals surface area (Å²) in [7, 11) is 6.00. The quantitative estimate of drug-likeness (QED) is 0.238. The van der Waals surface area contributed by atoms with E-state index < -0.39 is 29.2 Å². The van der Waals surface area contributed by atoms with E-state index in [-0.39, 0.29) is 28.8 Å². The number of para-hydroxylation sites is 2. The van der Waals surface area contributed by atoms with E-state index >= 15 is 4.79 Å². The van der Waals surface area contributed by atoms with Crippen LogP contribution < -0.4 is 29.2 Å². The molecule has 0 bridgehead atoms. The van der Waals surface area contributed by atoms with Gasteiger partial charge in [0.05, 0.1) is 40.4 Å². The van der Waals surface area contributed by atoms with Crippen molar-refractivity contribution >= 4 is 34.4 Å². The van der Waals surface area contributed by atoms with Crippen molar-refractivity contribution in [1.82, 2.24) is 0 Å². The van der Waals surface area contributed by atoms with Crippen molar-refractivity contribution in [2.45, 2.75) is 24.4 Å². The van der Waals surface area contributed by atoms with Crippen LogP contribution in [0.3, 0.4) is 0 Å². The van der Waals surface area contributed by atoms with E-state index in [1.54, 1.807) is 43.5 Å². The summed E-state index contributed by atoms with van der Waals surface area (Å²) < 4.78 is 22.1. The van der Waals surface area contributed by atoms with Crippen molar-refractivity contribution in [3.63, 3.8) is 0 Å². The van der Waals surface area contributed by atoms with Crippen LogP contribution in [0.5, 0.6) is 23.0 Å². The highest BCUT2D eigenvalue weighted by Crippen LogP contribution is 2.59. The maximum Gasteiger partial charge on any atom is 0.238 e. The van der Waals surface area contributed by atoms with Gasteiger partial charge in [0.1, 0.15) is 17.2 Å². The number of amides is 1. The number of ether oxygens (including phenoxy) is 4. The summed E-state index contributed by atoms with van der Waals surface area (Å²) >= 11 is 0. The molecule has 3 aliphatic heterocycles. The number of hydrogen-bond donors (Lipinski definition) is 1. The summed E-state index contributed by atoms with van der Waals surface area (Å²) in [6.45, 7) is 2.00. The fraction of sp³-hybridized carbons (Fsp3) is 0.237. The molecule has 1 N–H and O–H groups in total. The maximum atomic E-state index is 15.3. The van der Waals surface area contributed by atoms with Gasteiger partial charge in [-0.1, -0.05) is 42.5 Å². The van der Waals surface area contributed by atoms with Gasteiger partial charge in [-0.3, -0.25) is 14.4 Å². The molecule has 1 fully saturated rings. The largest absolute Gasteiger partial charge is 0.497 e. The third kappa shape index (κ3) is 4.26. The first kappa shape index (κ1) is 30.1. The van der Waals surface area contributed by atoms with Crippen LogP contribution in [0, 0.1) is 5.92 Å². The molecule has 47 heavy (non-hydrogen) atoms. The molecule has 1 amide bonds. The Morgan fingerprint density at radius 1 is 0.766 bits per heavy atom. The fourth-order valence-electron chi connectivity index (χ4n) is 7.72. The maximum absolute atomic E-state index is 15.3. The molecule has 9 nitrogen and oxygen atoms in total. The molecule has 238 valence electrons. The molecule has 0 aliphatic carbocycles. The number of ketones is 2. The monoisotopic (exact) mass is 630 g/mol. The lowest BCUT2D eigenvalue weighted by Gasteiger charge is -2.39. The van der Waals surface area contributed by atoms with E-state index in [9.17, 15) is 9.59 Å². The minimum atomic E-state index is -1.46. The zero-order valence-electron chi connectivity index (χ0n) is 26.7. The van der Waals surface area contributed by atoms with E-state index in [1.807, 2.05) is 66.4 Å². The van der Waals surface area contributed by atoms with Gasteiger partial charge in [-0.25, -0.2) is 0 Å². The third-order valence-corrected chi connectivity index (χ3v) is 9.76. The number of anilines is 2. The van der Waals surface area contributed by atoms with Gasteiger partial charge in [0.25, 0.3) is 0 Å². The first-order valence-electron chi connectivity index (χ1n) is 15.3. The van der Waals surface area contributed by atoms with Gasteiger partial charge in [0.2, 0.25) is 11.7 Å². The minimum absolute atomic E-state index is 0.224. The Morgan fingerprint density at radius 3 is 2.09 bits per heavy atom. The van der Waals surface area contributed by atoms with Gasteiger partial charge < -0.3 is 29.2 Å². The predicted molar refractivity (Wildman–Crippen MR) is 178 cm³/mol. The number of nitrogens with zero attached hydrogens (tertiary/aromatic N) is 1. The van der Waals surface area contributed by atoms with Gasteiger partial charge in [-0.15, -0.1) is 0 Å². The third-order valence-electron chi connectivity index (χ3n) is 9.76. The van der Waals surface area contributed by atoms with Gasteiger partial charge in [0.15, 0.2) is 23.1 Å². The van der Waals surface area contributed by atoms with E-state index in [0.717, 1.165) is 16.8 Å². The molecule has 3 aliphatic rings. The molecule has 9 heteroatoms. The predicted octanol–water partition coefficient (Wildman–Crippen LogP) is 5.97. The van der Waals surface area contributed by atoms with Crippen molar-refractivity contribution in [2.24, 2.45) is 5.92 Å². The Labute approximate surface area is 272 Å². The first-order valence-corrected chi connectivity index (χ1v) is 15.3. The Bertz CT molecular complexity index is 1940. The number of hydrogen-bond acceptors (Lipinski definition) is 8. The molecule has 4 aromatic carbocycles. The second-order valence-electron chi connectivity index (χ2n) is 11.9. The molecule has 1 spiro atoms. The average molecular weight is 631 g/mol. The van der Waals surface area contributed by atoms with Gasteiger partial charge in [-0.2, -0.15) is 0 Å². The first-order chi connectivity index (χ1) is 22.8. The molecule has 7 rings (SSSR count). The zero-order chi connectivity index (χ0) is 33.0. The molecule has 4 atom stereocenters. The van der Waals surface area contributed by atoms with Crippen molar-refractivity contribution in [1.29, 1.82) is 0 Å². The fourth-order valence-corrected chi connectivity index (χ4v) is 7.72. The van der Waals surface area contributed by atoms with Crippen LogP contribution in [0.1, 0.15) is 38.8 Å². The molecule has 3 heterocycles. The molecule has 0 radical (unpaired) electrons. The number of allylic oxidation sites excluding steroid dienone is 1. The number of rotatable bonds is 8. The highest BCUT2D eigenvalue weighted by Gasteiger charge is 2.70. The summed E-state index contributed by atoms with van der Waals surface area (Å²) in [6.07, 6.45) is 2.03. The van der Waals surface area contributed by atoms with Crippen LogP contribution in [0.25, 0.3) is 5.57 Å². The number of methoxy groups -OCH3 is 4. The molecule has 0 saturated carbocycles. The van der Waals surface area contributed by atoms with Crippen LogP contribution >= 0.6 is 0 Å². The van der Waals surface area contributed by atoms with Crippen LogP contribution in [0.2, 0.25) is 0 Å². The van der Waals surface area contributed by atoms with Crippen LogP contribution in [0.15, 0.2) is 91.0 Å². The smallest absolute Gasteiger partial charge is 0.238 e. The lowest BCUT2D eigenvalue weighted by Crippen LogP contribution is -2.51. The SMILES string of the molecule is COc1ccc(C(=O)[C@@H]2[C@@H](C(=O)c3cc(OC)c(OC)c(OC)c3)[C@]3(C(=O)Nc4ccccc43)[C@H]3C=C(C)c4ccccc4N23)cc1. The number of carbonyl (C=O) groups is 3. The molecule has 1 saturated heterocycles. The summed E-state index contributed by atoms with van der Waals surface area (Å²) in [5.41, 5.74) is 3.10. The minimum Gasteiger partial charge on any atom is -0.497 e. The van der Waals surface area contributed by atoms with Crippen molar-refractivity contribution in [3.05, 3.63) is 113 Å². The number of Topliss-reactive ketones (excluding diaryl/α,β-unsaturated/α-hetero) is 2. The van der Waals surface area contributed by atoms with Gasteiger partial charge >= 0.3 is 0 Å². The average Bonchev–Trinajstić information content (AvgIpc) is 3.58. The molecule has 4 aromatic rings. The summed E-state index contributed by atoms with van der Waals surface area (Å²) in [5, 5.41) is 3.07. The van der Waals surface area contributed by atoms with Crippen molar-refractivity contribution in [2.75, 3.05) is 38.7 Å². The van der Waals surface area contributed by atoms with E-state index in [0.29, 0.717) is 28.3 Å². The number of fused-ring (bicyclic) bond motifs is 6. The molecular weight excluding hydrogens is 596 g/mol. The molecule has 0 unspecified atom stereocenters. The standard InChI is InChI=1S/C38H34N2O7/c1-21-18-31-38(26-11-7-8-12-27(26)39-37(38)43)32(34(41)23-19-29(45-3)36(47-5)30(20-23)46-4)33(40(31)28-13-9-6-10-25(21)28)35(42)22-14-16-24(44-2)17-15-22/h6-20,31-33H,1-5H3,(H,39,43)/t31-,32+,33+,38-/m1/s1. The van der Waals surface area contributed by atoms with Gasteiger partial charge in [0, 0.05) is 28.1 Å². The Kier molecular flexibility index (Phi) is 7.27. The number of nitrogens with one attached hydrogen (secondary N) is 1. The summed E-state index contributed by atoms with van der Waals surface area (Å²) in [5.74, 6) is -0.700. The lowest BCUT2D eigenvalue weighted by atomic mass is 9.64. The Hall–Kier alpha value is -5.57. The van der Waals surface area contributed by atoms with Gasteiger partial charge in [-0.05, 0) is 66.6 Å². The van der Waals surface area contributed by atoms with E-state index in [1.165, 1.54) is 21.3 Å². The second kappa shape index (κ2) is 11.3. The summed E-state index contributed by atoms with van der Waals surface area (Å²) in [6, 6.07) is 23.5. The zero-order valence-corrected chi connectivity index (χ0v) is 26.7. The summed E-state index contributed by atoms with van der Waals surface area (Å²) in [4.78, 5) is 47.0. The van der Waals surface area contributed by atoms with Crippen molar-refractivity contribution < 1.29 is 33.3 Å². The number of carbonyl (C=O) groups excluding carboxylic acids is 3. The molecule has 0 aromatic heterocycles. The van der Waals surface area contributed by atoms with Crippen LogP contribution in [0.4, 0.5) is 11.4 Å². The highest BCUT2D eigenvalue weighted by molar-refractivity contribution is 6.18. The number of benzene rings is 4. The second-order valence-corrected chi connectivity index (χ2v) is 11.9. The topological polar surface area (TPSA) is 103 Å². The van der Waals surface area contributed by atoms with Crippen LogP contribution in [-0.4, -0.2) is 58.0 Å². The lowest BCUT2D eigenvalue weighted by molar-refractivity contribution is -0.121. The van der Waals surface area contributed by atoms with E-state index in [2.05, 4.69) is 5.32 Å². The molecular formula is C38H34N2O7. The van der Waals surface area contributed by atoms with Crippen molar-refractivity contribution in [3.8, 4) is 23.0 Å². The van der Waals surface area contributed by atoms with E-state index in [4.69, 9.17) is 18.9 Å². The Morgan fingerprint density at radius 2 is 1.43 bits per heavy atom. The normalized spacial score (nSPS) is 22.1. The van der Waals surface area contributed by atoms with Crippen LogP contribution in [-0.2, 0) is 10.2 Å².